The van der Waals surface area contributed by atoms with Crippen LogP contribution in [0.25, 0.3) is 0 Å². The van der Waals surface area contributed by atoms with Crippen molar-refractivity contribution in [2.24, 2.45) is 0 Å². The van der Waals surface area contributed by atoms with Crippen molar-refractivity contribution in [1.29, 1.82) is 0 Å². The van der Waals surface area contributed by atoms with Crippen LogP contribution in [0.4, 0.5) is 4.39 Å². The van der Waals surface area contributed by atoms with Gasteiger partial charge in [-0.1, -0.05) is 23.7 Å². The molecule has 1 atom stereocenters. The number of rotatable bonds is 4. The van der Waals surface area contributed by atoms with Crippen molar-refractivity contribution in [3.8, 4) is 11.5 Å². The molecule has 3 N–H and O–H groups in total. The SMILES string of the molecule is CC(NCc1ccc(F)c(Cl)c1)c1ccc(O)cc1O. The van der Waals surface area contributed by atoms with Crippen LogP contribution in [0.3, 0.4) is 0 Å². The predicted molar refractivity (Wildman–Crippen MR) is 76.4 cm³/mol. The predicted octanol–water partition coefficient (Wildman–Crippen LogP) is 3.74. The Balaban J connectivity index is 2.04. The summed E-state index contributed by atoms with van der Waals surface area (Å²) in [4.78, 5) is 0. The minimum Gasteiger partial charge on any atom is -0.508 e. The highest BCUT2D eigenvalue weighted by Gasteiger charge is 2.11. The Hall–Kier alpha value is -1.78. The molecule has 2 aromatic carbocycles. The molecule has 1 unspecified atom stereocenters. The first-order valence-electron chi connectivity index (χ1n) is 6.16. The summed E-state index contributed by atoms with van der Waals surface area (Å²) in [6.45, 7) is 2.37. The van der Waals surface area contributed by atoms with Crippen molar-refractivity contribution in [3.05, 3.63) is 58.4 Å². The summed E-state index contributed by atoms with van der Waals surface area (Å²) >= 11 is 5.72. The summed E-state index contributed by atoms with van der Waals surface area (Å²) in [5.74, 6) is -0.398. The third-order valence-electron chi connectivity index (χ3n) is 3.08. The number of phenols is 2. The van der Waals surface area contributed by atoms with E-state index in [1.165, 1.54) is 18.2 Å². The van der Waals surface area contributed by atoms with E-state index in [0.717, 1.165) is 5.56 Å². The van der Waals surface area contributed by atoms with Crippen molar-refractivity contribution in [2.45, 2.75) is 19.5 Å². The van der Waals surface area contributed by atoms with Gasteiger partial charge in [0.25, 0.3) is 0 Å². The highest BCUT2D eigenvalue weighted by atomic mass is 35.5. The Kier molecular flexibility index (Phi) is 4.47. The first kappa shape index (κ1) is 14.6. The molecule has 0 fully saturated rings. The summed E-state index contributed by atoms with van der Waals surface area (Å²) in [6, 6.07) is 8.87. The first-order chi connectivity index (χ1) is 9.47. The smallest absolute Gasteiger partial charge is 0.141 e. The fourth-order valence-electron chi connectivity index (χ4n) is 1.93. The molecule has 0 aliphatic rings. The molecule has 106 valence electrons. The van der Waals surface area contributed by atoms with Crippen LogP contribution in [0, 0.1) is 5.82 Å². The van der Waals surface area contributed by atoms with Crippen LogP contribution < -0.4 is 5.32 Å². The lowest BCUT2D eigenvalue weighted by Gasteiger charge is -2.16. The van der Waals surface area contributed by atoms with Gasteiger partial charge in [-0.05, 0) is 30.7 Å². The van der Waals surface area contributed by atoms with Gasteiger partial charge < -0.3 is 15.5 Å². The number of halogens is 2. The summed E-state index contributed by atoms with van der Waals surface area (Å²) < 4.78 is 13.0. The molecule has 0 radical (unpaired) electrons. The highest BCUT2D eigenvalue weighted by molar-refractivity contribution is 6.30. The van der Waals surface area contributed by atoms with Gasteiger partial charge >= 0.3 is 0 Å². The van der Waals surface area contributed by atoms with Gasteiger partial charge in [0.2, 0.25) is 0 Å². The molecule has 5 heteroatoms. The lowest BCUT2D eigenvalue weighted by molar-refractivity contribution is 0.436. The quantitative estimate of drug-likeness (QED) is 0.805. The largest absolute Gasteiger partial charge is 0.508 e. The molecule has 2 rings (SSSR count). The van der Waals surface area contributed by atoms with Crippen molar-refractivity contribution in [2.75, 3.05) is 0 Å². The molecule has 0 aliphatic carbocycles. The Morgan fingerprint density at radius 2 is 1.95 bits per heavy atom. The number of phenolic OH excluding ortho intramolecular Hbond substituents is 2. The molecule has 0 heterocycles. The van der Waals surface area contributed by atoms with E-state index in [1.807, 2.05) is 6.92 Å². The molecule has 0 bridgehead atoms. The monoisotopic (exact) mass is 295 g/mol. The van der Waals surface area contributed by atoms with E-state index in [4.69, 9.17) is 11.6 Å². The zero-order valence-electron chi connectivity index (χ0n) is 10.9. The van der Waals surface area contributed by atoms with E-state index < -0.39 is 5.82 Å². The maximum atomic E-state index is 13.0. The van der Waals surface area contributed by atoms with E-state index >= 15 is 0 Å². The lowest BCUT2D eigenvalue weighted by atomic mass is 10.1. The van der Waals surface area contributed by atoms with Crippen LogP contribution in [-0.2, 0) is 6.54 Å². The van der Waals surface area contributed by atoms with Crippen molar-refractivity contribution in [1.82, 2.24) is 5.32 Å². The average molecular weight is 296 g/mol. The molecule has 0 saturated carbocycles. The van der Waals surface area contributed by atoms with Gasteiger partial charge in [-0.15, -0.1) is 0 Å². The number of nitrogens with one attached hydrogen (secondary N) is 1. The van der Waals surface area contributed by atoms with Crippen LogP contribution >= 0.6 is 11.6 Å². The van der Waals surface area contributed by atoms with E-state index in [1.54, 1.807) is 18.2 Å². The maximum Gasteiger partial charge on any atom is 0.141 e. The Labute approximate surface area is 121 Å². The Bertz CT molecular complexity index is 619. The third-order valence-corrected chi connectivity index (χ3v) is 3.37. The summed E-state index contributed by atoms with van der Waals surface area (Å²) in [7, 11) is 0. The second-order valence-corrected chi connectivity index (χ2v) is 5.00. The molecule has 20 heavy (non-hydrogen) atoms. The normalized spacial score (nSPS) is 12.3. The molecular formula is C15H15ClFNO2. The maximum absolute atomic E-state index is 13.0. The molecule has 0 saturated heterocycles. The first-order valence-corrected chi connectivity index (χ1v) is 6.54. The van der Waals surface area contributed by atoms with Crippen LogP contribution in [0.1, 0.15) is 24.1 Å². The van der Waals surface area contributed by atoms with E-state index in [9.17, 15) is 14.6 Å². The second-order valence-electron chi connectivity index (χ2n) is 4.59. The van der Waals surface area contributed by atoms with Gasteiger partial charge in [-0.25, -0.2) is 4.39 Å². The van der Waals surface area contributed by atoms with Crippen LogP contribution in [0.5, 0.6) is 11.5 Å². The molecule has 0 amide bonds. The van der Waals surface area contributed by atoms with E-state index in [-0.39, 0.29) is 22.6 Å². The van der Waals surface area contributed by atoms with Crippen molar-refractivity contribution < 1.29 is 14.6 Å². The molecule has 0 spiro atoms. The topological polar surface area (TPSA) is 52.5 Å². The zero-order valence-corrected chi connectivity index (χ0v) is 11.7. The fraction of sp³-hybridized carbons (Fsp3) is 0.200. The number of benzene rings is 2. The van der Waals surface area contributed by atoms with Gasteiger partial charge in [0.05, 0.1) is 5.02 Å². The van der Waals surface area contributed by atoms with Gasteiger partial charge in [-0.2, -0.15) is 0 Å². The minimum atomic E-state index is -0.445. The number of hydrogen-bond acceptors (Lipinski definition) is 3. The van der Waals surface area contributed by atoms with Crippen molar-refractivity contribution >= 4 is 11.6 Å². The van der Waals surface area contributed by atoms with E-state index in [2.05, 4.69) is 5.32 Å². The summed E-state index contributed by atoms with van der Waals surface area (Å²) in [6.07, 6.45) is 0. The van der Waals surface area contributed by atoms with Crippen LogP contribution in [0.2, 0.25) is 5.02 Å². The highest BCUT2D eigenvalue weighted by Crippen LogP contribution is 2.28. The van der Waals surface area contributed by atoms with Gasteiger partial charge in [-0.3, -0.25) is 0 Å². The average Bonchev–Trinajstić information content (AvgIpc) is 2.40. The third kappa shape index (κ3) is 3.40. The van der Waals surface area contributed by atoms with Crippen molar-refractivity contribution in [3.63, 3.8) is 0 Å². The number of aromatic hydroxyl groups is 2. The molecule has 0 aromatic heterocycles. The Morgan fingerprint density at radius 1 is 1.20 bits per heavy atom. The fourth-order valence-corrected chi connectivity index (χ4v) is 2.13. The zero-order chi connectivity index (χ0) is 14.7. The summed E-state index contributed by atoms with van der Waals surface area (Å²) in [5.41, 5.74) is 1.53. The number of hydrogen-bond donors (Lipinski definition) is 3. The van der Waals surface area contributed by atoms with Crippen LogP contribution in [-0.4, -0.2) is 10.2 Å². The molecular weight excluding hydrogens is 281 g/mol. The molecule has 2 aromatic rings. The minimum absolute atomic E-state index is 0.0174. The second kappa shape index (κ2) is 6.11. The van der Waals surface area contributed by atoms with Gasteiger partial charge in [0.15, 0.2) is 0 Å². The molecule has 0 aliphatic heterocycles. The standard InChI is InChI=1S/C15H15ClFNO2/c1-9(12-4-3-11(19)7-15(12)20)18-8-10-2-5-14(17)13(16)6-10/h2-7,9,18-20H,8H2,1H3. The van der Waals surface area contributed by atoms with Gasteiger partial charge in [0, 0.05) is 24.2 Å². The van der Waals surface area contributed by atoms with Gasteiger partial charge in [0.1, 0.15) is 17.3 Å². The van der Waals surface area contributed by atoms with Crippen LogP contribution in [0.15, 0.2) is 36.4 Å². The lowest BCUT2D eigenvalue weighted by Crippen LogP contribution is -2.18. The summed E-state index contributed by atoms with van der Waals surface area (Å²) in [5, 5.41) is 22.3. The van der Waals surface area contributed by atoms with E-state index in [0.29, 0.717) is 12.1 Å². The Morgan fingerprint density at radius 3 is 2.60 bits per heavy atom. The molecule has 3 nitrogen and oxygen atoms in total.